The molecular weight excluding hydrogens is 302 g/mol. The molecule has 7 heteroatoms. The third-order valence-electron chi connectivity index (χ3n) is 3.90. The number of urea groups is 1. The molecule has 122 valence electrons. The van der Waals surface area contributed by atoms with E-state index in [1.54, 1.807) is 17.0 Å². The molecule has 0 unspecified atom stereocenters. The van der Waals surface area contributed by atoms with E-state index < -0.39 is 12.0 Å². The van der Waals surface area contributed by atoms with Crippen LogP contribution >= 0.6 is 0 Å². The van der Waals surface area contributed by atoms with E-state index in [-0.39, 0.29) is 19.4 Å². The lowest BCUT2D eigenvalue weighted by molar-refractivity contribution is -0.0121. The molecule has 1 N–H and O–H groups in total. The number of halogens is 2. The number of carbonyl (C=O) groups excluding carboxylic acids is 1. The van der Waals surface area contributed by atoms with Gasteiger partial charge < -0.3 is 4.90 Å². The number of hydrogen-bond acceptors (Lipinski definition) is 2. The summed E-state index contributed by atoms with van der Waals surface area (Å²) in [7, 11) is 0. The summed E-state index contributed by atoms with van der Waals surface area (Å²) in [5.74, 6) is -2.31. The van der Waals surface area contributed by atoms with Crippen molar-refractivity contribution in [2.24, 2.45) is 0 Å². The van der Waals surface area contributed by atoms with Gasteiger partial charge in [-0.2, -0.15) is 0 Å². The number of para-hydroxylation sites is 1. The monoisotopic (exact) mass is 320 g/mol. The average Bonchev–Trinajstić information content (AvgIpc) is 2.91. The van der Waals surface area contributed by atoms with Crippen LogP contribution < -0.4 is 5.32 Å². The topological polar surface area (TPSA) is 50.2 Å². The molecule has 0 saturated carbocycles. The van der Waals surface area contributed by atoms with Crippen molar-refractivity contribution in [1.82, 2.24) is 14.5 Å². The number of anilines is 1. The third-order valence-corrected chi connectivity index (χ3v) is 3.90. The zero-order chi connectivity index (χ0) is 16.3. The molecule has 0 spiro atoms. The van der Waals surface area contributed by atoms with E-state index in [2.05, 4.69) is 10.3 Å². The van der Waals surface area contributed by atoms with Gasteiger partial charge in [0.05, 0.1) is 0 Å². The maximum Gasteiger partial charge on any atom is 0.324 e. The summed E-state index contributed by atoms with van der Waals surface area (Å²) in [4.78, 5) is 17.9. The van der Waals surface area contributed by atoms with E-state index in [1.165, 1.54) is 4.90 Å². The Hall–Kier alpha value is -2.44. The second-order valence-electron chi connectivity index (χ2n) is 5.58. The van der Waals surface area contributed by atoms with Crippen molar-refractivity contribution in [2.75, 3.05) is 18.4 Å². The molecule has 1 aromatic heterocycles. The van der Waals surface area contributed by atoms with E-state index in [4.69, 9.17) is 0 Å². The predicted molar refractivity (Wildman–Crippen MR) is 83.0 cm³/mol. The van der Waals surface area contributed by atoms with Crippen LogP contribution in [-0.2, 0) is 0 Å². The lowest BCUT2D eigenvalue weighted by atomic mass is 10.1. The Morgan fingerprint density at radius 1 is 1.17 bits per heavy atom. The summed E-state index contributed by atoms with van der Waals surface area (Å²) < 4.78 is 28.5. The number of rotatable bonds is 2. The Balaban J connectivity index is 1.71. The fourth-order valence-electron chi connectivity index (χ4n) is 2.63. The highest BCUT2D eigenvalue weighted by Crippen LogP contribution is 2.28. The van der Waals surface area contributed by atoms with Crippen LogP contribution in [0.5, 0.6) is 0 Å². The zero-order valence-corrected chi connectivity index (χ0v) is 12.6. The average molecular weight is 320 g/mol. The Morgan fingerprint density at radius 3 is 2.74 bits per heavy atom. The Bertz CT molecular complexity index is 672. The molecule has 0 radical (unpaired) electrons. The lowest BCUT2D eigenvalue weighted by Gasteiger charge is -2.21. The zero-order valence-electron chi connectivity index (χ0n) is 12.6. The van der Waals surface area contributed by atoms with Crippen molar-refractivity contribution < 1.29 is 13.6 Å². The third kappa shape index (κ3) is 3.67. The number of likely N-dealkylation sites (tertiary alicyclic amines) is 1. The SMILES string of the molecule is O=C(Nc1nccn1-c1ccccc1)N1CCCC(F)(F)CC1. The minimum Gasteiger partial charge on any atom is -0.324 e. The molecule has 5 nitrogen and oxygen atoms in total. The second kappa shape index (κ2) is 6.36. The minimum absolute atomic E-state index is 0.0465. The van der Waals surface area contributed by atoms with E-state index in [1.807, 2.05) is 30.3 Å². The number of nitrogens with one attached hydrogen (secondary N) is 1. The number of carbonyl (C=O) groups is 1. The number of hydrogen-bond donors (Lipinski definition) is 1. The molecule has 1 saturated heterocycles. The summed E-state index contributed by atoms with van der Waals surface area (Å²) in [5, 5.41) is 2.71. The van der Waals surface area contributed by atoms with Crippen molar-refractivity contribution in [3.05, 3.63) is 42.7 Å². The molecule has 3 rings (SSSR count). The van der Waals surface area contributed by atoms with Gasteiger partial charge in [0, 0.05) is 44.0 Å². The van der Waals surface area contributed by atoms with E-state index in [0.29, 0.717) is 18.9 Å². The summed E-state index contributed by atoms with van der Waals surface area (Å²) in [6.07, 6.45) is 3.15. The van der Waals surface area contributed by atoms with E-state index in [0.717, 1.165) is 5.69 Å². The van der Waals surface area contributed by atoms with Crippen molar-refractivity contribution in [2.45, 2.75) is 25.2 Å². The van der Waals surface area contributed by atoms with E-state index >= 15 is 0 Å². The first-order chi connectivity index (χ1) is 11.1. The fraction of sp³-hybridized carbons (Fsp3) is 0.375. The molecule has 0 bridgehead atoms. The quantitative estimate of drug-likeness (QED) is 0.920. The van der Waals surface area contributed by atoms with Gasteiger partial charge in [-0.15, -0.1) is 0 Å². The Morgan fingerprint density at radius 2 is 1.96 bits per heavy atom. The predicted octanol–water partition coefficient (Wildman–Crippen LogP) is 3.53. The second-order valence-corrected chi connectivity index (χ2v) is 5.58. The minimum atomic E-state index is -2.68. The molecule has 2 aromatic rings. The molecule has 1 aromatic carbocycles. The molecule has 1 aliphatic rings. The summed E-state index contributed by atoms with van der Waals surface area (Å²) in [6.45, 7) is 0.373. The summed E-state index contributed by atoms with van der Waals surface area (Å²) >= 11 is 0. The maximum absolute atomic E-state index is 13.4. The van der Waals surface area contributed by atoms with Gasteiger partial charge >= 0.3 is 6.03 Å². The van der Waals surface area contributed by atoms with Gasteiger partial charge in [0.15, 0.2) is 0 Å². The first-order valence-electron chi connectivity index (χ1n) is 7.58. The van der Waals surface area contributed by atoms with Gasteiger partial charge in [-0.05, 0) is 18.6 Å². The Labute approximate surface area is 132 Å². The van der Waals surface area contributed by atoms with Crippen molar-refractivity contribution in [3.8, 4) is 5.69 Å². The first-order valence-corrected chi connectivity index (χ1v) is 7.58. The van der Waals surface area contributed by atoms with Gasteiger partial charge in [0.1, 0.15) is 0 Å². The lowest BCUT2D eigenvalue weighted by Crippen LogP contribution is -2.36. The molecule has 1 fully saturated rings. The largest absolute Gasteiger partial charge is 0.324 e. The van der Waals surface area contributed by atoms with Crippen LogP contribution in [0.4, 0.5) is 19.5 Å². The first kappa shape index (κ1) is 15.5. The van der Waals surface area contributed by atoms with Gasteiger partial charge in [-0.1, -0.05) is 18.2 Å². The van der Waals surface area contributed by atoms with Crippen molar-refractivity contribution in [1.29, 1.82) is 0 Å². The van der Waals surface area contributed by atoms with Crippen LogP contribution in [0.2, 0.25) is 0 Å². The molecule has 2 heterocycles. The number of imidazole rings is 1. The van der Waals surface area contributed by atoms with Crippen molar-refractivity contribution >= 4 is 12.0 Å². The number of benzene rings is 1. The Kier molecular flexibility index (Phi) is 4.27. The van der Waals surface area contributed by atoms with Gasteiger partial charge in [0.25, 0.3) is 0 Å². The molecule has 23 heavy (non-hydrogen) atoms. The molecular formula is C16H18F2N4O. The highest BCUT2D eigenvalue weighted by Gasteiger charge is 2.33. The number of alkyl halides is 2. The standard InChI is InChI=1S/C16H18F2N4O/c17-16(18)7-4-10-21(11-8-16)15(23)20-14-19-9-12-22(14)13-5-2-1-3-6-13/h1-3,5-6,9,12H,4,7-8,10-11H2,(H,19,20,23). The number of nitrogens with zero attached hydrogens (tertiary/aromatic N) is 3. The van der Waals surface area contributed by atoms with Crippen LogP contribution in [0, 0.1) is 0 Å². The highest BCUT2D eigenvalue weighted by molar-refractivity contribution is 5.87. The summed E-state index contributed by atoms with van der Waals surface area (Å²) in [5.41, 5.74) is 0.864. The number of amides is 2. The van der Waals surface area contributed by atoms with Gasteiger partial charge in [-0.3, -0.25) is 9.88 Å². The molecule has 0 atom stereocenters. The van der Waals surface area contributed by atoms with Crippen LogP contribution in [0.25, 0.3) is 5.69 Å². The van der Waals surface area contributed by atoms with E-state index in [9.17, 15) is 13.6 Å². The maximum atomic E-state index is 13.4. The highest BCUT2D eigenvalue weighted by atomic mass is 19.3. The van der Waals surface area contributed by atoms with Gasteiger partial charge in [0.2, 0.25) is 11.9 Å². The molecule has 2 amide bonds. The normalized spacial score (nSPS) is 17.6. The summed E-state index contributed by atoms with van der Waals surface area (Å²) in [6, 6.07) is 9.06. The molecule has 1 aliphatic heterocycles. The van der Waals surface area contributed by atoms with Gasteiger partial charge in [-0.25, -0.2) is 18.6 Å². The van der Waals surface area contributed by atoms with Crippen molar-refractivity contribution in [3.63, 3.8) is 0 Å². The number of aromatic nitrogens is 2. The van der Waals surface area contributed by atoms with Crippen LogP contribution in [0.3, 0.4) is 0 Å². The smallest absolute Gasteiger partial charge is 0.324 e. The van der Waals surface area contributed by atoms with Crippen LogP contribution in [0.15, 0.2) is 42.7 Å². The fourth-order valence-corrected chi connectivity index (χ4v) is 2.63. The van der Waals surface area contributed by atoms with Crippen LogP contribution in [0.1, 0.15) is 19.3 Å². The molecule has 0 aliphatic carbocycles. The van der Waals surface area contributed by atoms with Crippen LogP contribution in [-0.4, -0.2) is 39.5 Å².